The Morgan fingerprint density at radius 3 is 3.06 bits per heavy atom. The zero-order chi connectivity index (χ0) is 13.0. The molecule has 7 heteroatoms. The molecule has 2 N–H and O–H groups in total. The van der Waals surface area contributed by atoms with Gasteiger partial charge < -0.3 is 10.6 Å². The third kappa shape index (κ3) is 3.14. The number of carbonyl (C=O) groups excluding carboxylic acids is 1. The van der Waals surface area contributed by atoms with E-state index >= 15 is 0 Å². The average Bonchev–Trinajstić information content (AvgIpc) is 3.00. The molecule has 0 aliphatic carbocycles. The van der Waals surface area contributed by atoms with E-state index in [0.717, 1.165) is 4.88 Å². The van der Waals surface area contributed by atoms with Gasteiger partial charge in [-0.25, -0.2) is 4.68 Å². The normalized spacial score (nSPS) is 10.6. The Kier molecular flexibility index (Phi) is 4.06. The minimum Gasteiger partial charge on any atom is -0.339 e. The van der Waals surface area contributed by atoms with Crippen molar-refractivity contribution >= 4 is 17.2 Å². The minimum atomic E-state index is -0.00290. The summed E-state index contributed by atoms with van der Waals surface area (Å²) in [4.78, 5) is 14.8. The van der Waals surface area contributed by atoms with Gasteiger partial charge in [0.05, 0.1) is 18.4 Å². The molecule has 0 saturated heterocycles. The molecule has 0 radical (unpaired) electrons. The van der Waals surface area contributed by atoms with Gasteiger partial charge in [0.1, 0.15) is 6.54 Å². The molecule has 2 rings (SSSR count). The fourth-order valence-corrected chi connectivity index (χ4v) is 2.25. The summed E-state index contributed by atoms with van der Waals surface area (Å²) in [6, 6.07) is 3.99. The van der Waals surface area contributed by atoms with E-state index in [2.05, 4.69) is 10.3 Å². The monoisotopic (exact) mass is 265 g/mol. The Labute approximate surface area is 109 Å². The fourth-order valence-electron chi connectivity index (χ4n) is 1.49. The molecule has 6 nitrogen and oxygen atoms in total. The van der Waals surface area contributed by atoms with Gasteiger partial charge in [0.15, 0.2) is 0 Å². The summed E-state index contributed by atoms with van der Waals surface area (Å²) in [7, 11) is 1.78. The number of likely N-dealkylation sites (N-methyl/N-ethyl adjacent to an activating group) is 1. The van der Waals surface area contributed by atoms with Crippen LogP contribution in [0.25, 0.3) is 0 Å². The number of nitrogens with two attached hydrogens (primary N) is 1. The Hall–Kier alpha value is -1.73. The summed E-state index contributed by atoms with van der Waals surface area (Å²) < 4.78 is 1.51. The predicted octanol–water partition coefficient (Wildman–Crippen LogP) is 0.457. The van der Waals surface area contributed by atoms with Crippen molar-refractivity contribution in [1.29, 1.82) is 0 Å². The fraction of sp³-hybridized carbons (Fsp3) is 0.364. The van der Waals surface area contributed by atoms with Crippen LogP contribution in [-0.2, 0) is 24.4 Å². The number of rotatable bonds is 5. The van der Waals surface area contributed by atoms with Crippen molar-refractivity contribution in [2.75, 3.05) is 7.05 Å². The van der Waals surface area contributed by atoms with Gasteiger partial charge in [0.2, 0.25) is 5.91 Å². The predicted molar refractivity (Wildman–Crippen MR) is 68.7 cm³/mol. The summed E-state index contributed by atoms with van der Waals surface area (Å²) in [5, 5.41) is 9.69. The molecule has 0 atom stereocenters. The van der Waals surface area contributed by atoms with E-state index in [9.17, 15) is 4.79 Å². The molecular weight excluding hydrogens is 250 g/mol. The van der Waals surface area contributed by atoms with Gasteiger partial charge in [-0.15, -0.1) is 16.4 Å². The quantitative estimate of drug-likeness (QED) is 0.852. The number of hydrogen-bond acceptors (Lipinski definition) is 5. The Morgan fingerprint density at radius 2 is 2.44 bits per heavy atom. The van der Waals surface area contributed by atoms with Crippen LogP contribution in [0, 0.1) is 0 Å². The first-order valence-corrected chi connectivity index (χ1v) is 6.42. The molecule has 0 aromatic carbocycles. The molecule has 2 aromatic rings. The highest BCUT2D eigenvalue weighted by Crippen LogP contribution is 2.11. The Bertz CT molecular complexity index is 507. The molecule has 0 spiro atoms. The number of thiophene rings is 1. The summed E-state index contributed by atoms with van der Waals surface area (Å²) in [5.41, 5.74) is 6.12. The maximum Gasteiger partial charge on any atom is 0.244 e. The Balaban J connectivity index is 1.90. The highest BCUT2D eigenvalue weighted by Gasteiger charge is 2.11. The number of carbonyl (C=O) groups is 1. The molecule has 2 aromatic heterocycles. The molecule has 0 aliphatic heterocycles. The summed E-state index contributed by atoms with van der Waals surface area (Å²) >= 11 is 1.64. The molecule has 18 heavy (non-hydrogen) atoms. The molecule has 1 amide bonds. The van der Waals surface area contributed by atoms with Gasteiger partial charge in [0.25, 0.3) is 0 Å². The molecule has 96 valence electrons. The maximum absolute atomic E-state index is 11.9. The molecule has 0 bridgehead atoms. The first-order chi connectivity index (χ1) is 8.69. The van der Waals surface area contributed by atoms with Crippen LogP contribution < -0.4 is 5.73 Å². The van der Waals surface area contributed by atoms with Gasteiger partial charge >= 0.3 is 0 Å². The lowest BCUT2D eigenvalue weighted by Crippen LogP contribution is -2.29. The van der Waals surface area contributed by atoms with E-state index in [-0.39, 0.29) is 12.5 Å². The van der Waals surface area contributed by atoms with E-state index in [1.807, 2.05) is 17.5 Å². The molecule has 0 aliphatic rings. The van der Waals surface area contributed by atoms with Gasteiger partial charge in [-0.1, -0.05) is 11.3 Å². The summed E-state index contributed by atoms with van der Waals surface area (Å²) in [5.74, 6) is -0.00290. The number of aromatic nitrogens is 3. The number of nitrogens with zero attached hydrogens (tertiary/aromatic N) is 4. The van der Waals surface area contributed by atoms with Crippen molar-refractivity contribution in [3.63, 3.8) is 0 Å². The third-order valence-electron chi connectivity index (χ3n) is 2.49. The van der Waals surface area contributed by atoms with E-state index < -0.39 is 0 Å². The van der Waals surface area contributed by atoms with Gasteiger partial charge in [0, 0.05) is 18.5 Å². The summed E-state index contributed by atoms with van der Waals surface area (Å²) in [6.07, 6.45) is 1.69. The van der Waals surface area contributed by atoms with Gasteiger partial charge in [-0.2, -0.15) is 0 Å². The SMILES string of the molecule is CN(Cc1cccs1)C(=O)Cn1cc(CN)nn1. The van der Waals surface area contributed by atoms with Crippen molar-refractivity contribution in [3.05, 3.63) is 34.3 Å². The average molecular weight is 265 g/mol. The van der Waals surface area contributed by atoms with Crippen LogP contribution in [0.2, 0.25) is 0 Å². The van der Waals surface area contributed by atoms with Crippen LogP contribution in [0.15, 0.2) is 23.7 Å². The van der Waals surface area contributed by atoms with Crippen molar-refractivity contribution in [3.8, 4) is 0 Å². The number of hydrogen-bond donors (Lipinski definition) is 1. The largest absolute Gasteiger partial charge is 0.339 e. The minimum absolute atomic E-state index is 0.00290. The smallest absolute Gasteiger partial charge is 0.244 e. The van der Waals surface area contributed by atoms with Crippen LogP contribution in [0.1, 0.15) is 10.6 Å². The highest BCUT2D eigenvalue weighted by molar-refractivity contribution is 7.09. The van der Waals surface area contributed by atoms with Crippen molar-refractivity contribution in [1.82, 2.24) is 19.9 Å². The third-order valence-corrected chi connectivity index (χ3v) is 3.35. The zero-order valence-electron chi connectivity index (χ0n) is 10.1. The van der Waals surface area contributed by atoms with Crippen LogP contribution in [-0.4, -0.2) is 32.8 Å². The van der Waals surface area contributed by atoms with Crippen molar-refractivity contribution < 1.29 is 4.79 Å². The topological polar surface area (TPSA) is 77.0 Å². The van der Waals surface area contributed by atoms with E-state index in [1.165, 1.54) is 4.68 Å². The molecule has 0 saturated carbocycles. The van der Waals surface area contributed by atoms with E-state index in [1.54, 1.807) is 29.5 Å². The molecule has 0 fully saturated rings. The van der Waals surface area contributed by atoms with Crippen LogP contribution in [0.4, 0.5) is 0 Å². The molecule has 0 unspecified atom stereocenters. The molecule has 2 heterocycles. The second-order valence-electron chi connectivity index (χ2n) is 3.94. The van der Waals surface area contributed by atoms with Crippen LogP contribution >= 0.6 is 11.3 Å². The standard InChI is InChI=1S/C11H15N5OS/c1-15(7-10-3-2-4-18-10)11(17)8-16-6-9(5-12)13-14-16/h2-4,6H,5,7-8,12H2,1H3. The maximum atomic E-state index is 11.9. The molecular formula is C11H15N5OS. The second kappa shape index (κ2) is 5.74. The van der Waals surface area contributed by atoms with Crippen molar-refractivity contribution in [2.45, 2.75) is 19.6 Å². The van der Waals surface area contributed by atoms with Crippen LogP contribution in [0.3, 0.4) is 0 Å². The Morgan fingerprint density at radius 1 is 1.61 bits per heavy atom. The lowest BCUT2D eigenvalue weighted by atomic mass is 10.4. The second-order valence-corrected chi connectivity index (χ2v) is 4.97. The first-order valence-electron chi connectivity index (χ1n) is 5.54. The lowest BCUT2D eigenvalue weighted by Gasteiger charge is -2.15. The van der Waals surface area contributed by atoms with E-state index in [4.69, 9.17) is 5.73 Å². The lowest BCUT2D eigenvalue weighted by molar-refractivity contribution is -0.131. The van der Waals surface area contributed by atoms with E-state index in [0.29, 0.717) is 18.8 Å². The van der Waals surface area contributed by atoms with Crippen molar-refractivity contribution in [2.24, 2.45) is 5.73 Å². The first kappa shape index (κ1) is 12.7. The van der Waals surface area contributed by atoms with Crippen LogP contribution in [0.5, 0.6) is 0 Å². The summed E-state index contributed by atoms with van der Waals surface area (Å²) in [6.45, 7) is 1.14. The zero-order valence-corrected chi connectivity index (χ0v) is 10.9. The van der Waals surface area contributed by atoms with Gasteiger partial charge in [-0.3, -0.25) is 4.79 Å². The van der Waals surface area contributed by atoms with Gasteiger partial charge in [-0.05, 0) is 11.4 Å². The highest BCUT2D eigenvalue weighted by atomic mass is 32.1. The number of amides is 1.